The summed E-state index contributed by atoms with van der Waals surface area (Å²) in [6, 6.07) is 15.7. The molecule has 0 aliphatic heterocycles. The van der Waals surface area contributed by atoms with Crippen LogP contribution < -0.4 is 10.6 Å². The predicted octanol–water partition coefficient (Wildman–Crippen LogP) is 7.07. The third kappa shape index (κ3) is 8.85. The number of rotatable bonds is 10. The summed E-state index contributed by atoms with van der Waals surface area (Å²) in [5, 5.41) is 15.7. The first kappa shape index (κ1) is 34.2. The van der Waals surface area contributed by atoms with Gasteiger partial charge in [0.05, 0.1) is 0 Å². The molecular weight excluding hydrogens is 554 g/mol. The van der Waals surface area contributed by atoms with E-state index in [1.165, 1.54) is 12.1 Å². The predicted molar refractivity (Wildman–Crippen MR) is 175 cm³/mol. The van der Waals surface area contributed by atoms with Crippen LogP contribution in [0.25, 0.3) is 0 Å². The summed E-state index contributed by atoms with van der Waals surface area (Å²) in [6.45, 7) is 17.0. The number of nitrogens with zero attached hydrogens (tertiary/aromatic N) is 1. The third-order valence-electron chi connectivity index (χ3n) is 7.79. The van der Waals surface area contributed by atoms with Crippen molar-refractivity contribution in [2.75, 3.05) is 5.32 Å². The van der Waals surface area contributed by atoms with Crippen LogP contribution in [0, 0.1) is 27.7 Å². The number of carbonyl (C=O) groups excluding carboxylic acids is 3. The van der Waals surface area contributed by atoms with Crippen LogP contribution in [0.2, 0.25) is 0 Å². The van der Waals surface area contributed by atoms with Crippen LogP contribution in [-0.2, 0) is 20.7 Å². The highest BCUT2D eigenvalue weighted by molar-refractivity contribution is 6.00. The fourth-order valence-corrected chi connectivity index (χ4v) is 5.07. The SMILES string of the molecule is CCC(C)N(C(=O)C(Cc1ccc(O)cc1)NC(=O)OC(C)(C)C)C(C(=O)Nc1c(C)cccc1C)c1ccc(C)c(C)c1. The molecular formula is C36H47N3O5. The number of anilines is 1. The third-order valence-corrected chi connectivity index (χ3v) is 7.79. The molecule has 8 nitrogen and oxygen atoms in total. The standard InChI is InChI=1S/C36H47N3O5/c1-10-26(6)39(34(42)30(37-35(43)44-36(7,8)9)21-27-15-18-29(40)19-16-27)32(28-17-14-22(2)25(5)20-28)33(41)38-31-23(3)12-11-13-24(31)4/h11-20,26,30,32,40H,10,21H2,1-9H3,(H,37,43)(H,38,41). The molecule has 0 aliphatic rings. The highest BCUT2D eigenvalue weighted by Gasteiger charge is 2.39. The lowest BCUT2D eigenvalue weighted by molar-refractivity contribution is -0.143. The number of amides is 3. The smallest absolute Gasteiger partial charge is 0.408 e. The van der Waals surface area contributed by atoms with Crippen molar-refractivity contribution in [3.05, 3.63) is 94.0 Å². The average molecular weight is 602 g/mol. The van der Waals surface area contributed by atoms with Crippen molar-refractivity contribution in [2.24, 2.45) is 0 Å². The minimum Gasteiger partial charge on any atom is -0.508 e. The number of phenolic OH excluding ortho intramolecular Hbond substituents is 1. The van der Waals surface area contributed by atoms with Gasteiger partial charge in [0.25, 0.3) is 5.91 Å². The van der Waals surface area contributed by atoms with E-state index in [-0.39, 0.29) is 24.1 Å². The van der Waals surface area contributed by atoms with Gasteiger partial charge in [0, 0.05) is 18.2 Å². The highest BCUT2D eigenvalue weighted by Crippen LogP contribution is 2.31. The number of para-hydroxylation sites is 1. The Morgan fingerprint density at radius 2 is 1.50 bits per heavy atom. The molecule has 0 heterocycles. The Balaban J connectivity index is 2.15. The molecule has 3 amide bonds. The maximum absolute atomic E-state index is 14.7. The molecule has 0 fully saturated rings. The summed E-state index contributed by atoms with van der Waals surface area (Å²) in [5.41, 5.74) is 5.22. The molecule has 0 aliphatic carbocycles. The zero-order chi connectivity index (χ0) is 32.8. The van der Waals surface area contributed by atoms with Crippen LogP contribution in [0.3, 0.4) is 0 Å². The van der Waals surface area contributed by atoms with Gasteiger partial charge in [-0.05, 0) is 107 Å². The van der Waals surface area contributed by atoms with Gasteiger partial charge in [-0.1, -0.05) is 55.5 Å². The van der Waals surface area contributed by atoms with Gasteiger partial charge in [-0.25, -0.2) is 4.79 Å². The Bertz CT molecular complexity index is 1460. The lowest BCUT2D eigenvalue weighted by Crippen LogP contribution is -2.55. The number of aromatic hydroxyl groups is 1. The van der Waals surface area contributed by atoms with E-state index in [4.69, 9.17) is 4.74 Å². The van der Waals surface area contributed by atoms with Crippen LogP contribution in [0.5, 0.6) is 5.75 Å². The molecule has 0 saturated heterocycles. The summed E-state index contributed by atoms with van der Waals surface area (Å²) in [6.07, 6.45) is -0.0348. The fraction of sp³-hybridized carbons (Fsp3) is 0.417. The van der Waals surface area contributed by atoms with E-state index >= 15 is 0 Å². The van der Waals surface area contributed by atoms with Crippen molar-refractivity contribution >= 4 is 23.6 Å². The van der Waals surface area contributed by atoms with E-state index < -0.39 is 29.7 Å². The molecule has 0 aromatic heterocycles. The van der Waals surface area contributed by atoms with Crippen molar-refractivity contribution in [3.63, 3.8) is 0 Å². The second kappa shape index (κ2) is 14.4. The first-order valence-electron chi connectivity index (χ1n) is 15.1. The first-order chi connectivity index (χ1) is 20.6. The molecule has 236 valence electrons. The molecule has 3 aromatic carbocycles. The number of hydrogen-bond donors (Lipinski definition) is 3. The van der Waals surface area contributed by atoms with Crippen molar-refractivity contribution < 1.29 is 24.2 Å². The van der Waals surface area contributed by atoms with E-state index in [1.807, 2.05) is 77.9 Å². The van der Waals surface area contributed by atoms with Crippen LogP contribution in [0.4, 0.5) is 10.5 Å². The quantitative estimate of drug-likeness (QED) is 0.230. The summed E-state index contributed by atoms with van der Waals surface area (Å²) < 4.78 is 5.53. The van der Waals surface area contributed by atoms with Crippen molar-refractivity contribution in [2.45, 2.75) is 98.9 Å². The zero-order valence-corrected chi connectivity index (χ0v) is 27.4. The van der Waals surface area contributed by atoms with Gasteiger partial charge in [-0.15, -0.1) is 0 Å². The summed E-state index contributed by atoms with van der Waals surface area (Å²) in [5.74, 6) is -0.672. The van der Waals surface area contributed by atoms with Crippen LogP contribution in [-0.4, -0.2) is 45.6 Å². The topological polar surface area (TPSA) is 108 Å². The molecule has 0 spiro atoms. The highest BCUT2D eigenvalue weighted by atomic mass is 16.6. The Kier molecular flexibility index (Phi) is 11.2. The number of aryl methyl sites for hydroxylation is 4. The van der Waals surface area contributed by atoms with Crippen LogP contribution in [0.15, 0.2) is 60.7 Å². The van der Waals surface area contributed by atoms with Gasteiger partial charge in [-0.3, -0.25) is 9.59 Å². The Morgan fingerprint density at radius 1 is 0.886 bits per heavy atom. The number of hydrogen-bond acceptors (Lipinski definition) is 5. The summed E-state index contributed by atoms with van der Waals surface area (Å²) in [7, 11) is 0. The maximum atomic E-state index is 14.7. The molecule has 44 heavy (non-hydrogen) atoms. The number of ether oxygens (including phenoxy) is 1. The van der Waals surface area contributed by atoms with Gasteiger partial charge >= 0.3 is 6.09 Å². The van der Waals surface area contributed by atoms with E-state index in [0.29, 0.717) is 17.7 Å². The molecule has 3 rings (SSSR count). The maximum Gasteiger partial charge on any atom is 0.408 e. The lowest BCUT2D eigenvalue weighted by atomic mass is 9.95. The molecule has 0 saturated carbocycles. The fourth-order valence-electron chi connectivity index (χ4n) is 5.07. The largest absolute Gasteiger partial charge is 0.508 e. The lowest BCUT2D eigenvalue weighted by Gasteiger charge is -2.38. The van der Waals surface area contributed by atoms with E-state index in [9.17, 15) is 19.5 Å². The molecule has 3 N–H and O–H groups in total. The van der Waals surface area contributed by atoms with Crippen LogP contribution in [0.1, 0.15) is 80.5 Å². The minimum atomic E-state index is -1.05. The van der Waals surface area contributed by atoms with Crippen molar-refractivity contribution in [1.82, 2.24) is 10.2 Å². The Morgan fingerprint density at radius 3 is 2.05 bits per heavy atom. The van der Waals surface area contributed by atoms with E-state index in [2.05, 4.69) is 10.6 Å². The molecule has 3 unspecified atom stereocenters. The number of carbonyl (C=O) groups is 3. The van der Waals surface area contributed by atoms with Gasteiger partial charge in [-0.2, -0.15) is 0 Å². The normalized spacial score (nSPS) is 13.4. The second-order valence-corrected chi connectivity index (χ2v) is 12.6. The number of alkyl carbamates (subject to hydrolysis) is 1. The number of phenols is 1. The number of benzene rings is 3. The van der Waals surface area contributed by atoms with Gasteiger partial charge in [0.15, 0.2) is 0 Å². The van der Waals surface area contributed by atoms with Gasteiger partial charge in [0.2, 0.25) is 5.91 Å². The van der Waals surface area contributed by atoms with E-state index in [1.54, 1.807) is 37.8 Å². The summed E-state index contributed by atoms with van der Waals surface area (Å²) >= 11 is 0. The Hall–Kier alpha value is -4.33. The first-order valence-corrected chi connectivity index (χ1v) is 15.1. The van der Waals surface area contributed by atoms with Crippen LogP contribution >= 0.6 is 0 Å². The Labute approximate surface area is 261 Å². The van der Waals surface area contributed by atoms with E-state index in [0.717, 1.165) is 27.8 Å². The van der Waals surface area contributed by atoms with Crippen molar-refractivity contribution in [3.8, 4) is 5.75 Å². The molecule has 0 radical (unpaired) electrons. The zero-order valence-electron chi connectivity index (χ0n) is 27.4. The number of nitrogens with one attached hydrogen (secondary N) is 2. The monoisotopic (exact) mass is 601 g/mol. The van der Waals surface area contributed by atoms with Gasteiger partial charge < -0.3 is 25.4 Å². The molecule has 8 heteroatoms. The molecule has 0 bridgehead atoms. The second-order valence-electron chi connectivity index (χ2n) is 12.6. The average Bonchev–Trinajstić information content (AvgIpc) is 2.94. The summed E-state index contributed by atoms with van der Waals surface area (Å²) in [4.78, 5) is 43.7. The van der Waals surface area contributed by atoms with Crippen molar-refractivity contribution in [1.29, 1.82) is 0 Å². The minimum absolute atomic E-state index is 0.0935. The van der Waals surface area contributed by atoms with Gasteiger partial charge in [0.1, 0.15) is 23.4 Å². The molecule has 3 atom stereocenters. The molecule has 3 aromatic rings.